The zero-order chi connectivity index (χ0) is 17.5. The highest BCUT2D eigenvalue weighted by atomic mass is 16.5. The van der Waals surface area contributed by atoms with E-state index in [9.17, 15) is 4.79 Å². The molecule has 3 rings (SSSR count). The molecular formula is C19H15N3O3. The van der Waals surface area contributed by atoms with Gasteiger partial charge in [0.1, 0.15) is 30.8 Å². The second-order valence-electron chi connectivity index (χ2n) is 5.12. The molecule has 0 saturated carbocycles. The molecule has 0 atom stereocenters. The SMILES string of the molecule is N#Cc1cncc(-n2ccc(OCCOc3ccccc3)cc2=O)c1. The predicted molar refractivity (Wildman–Crippen MR) is 92.0 cm³/mol. The lowest BCUT2D eigenvalue weighted by Gasteiger charge is -2.10. The lowest BCUT2D eigenvalue weighted by Crippen LogP contribution is -2.18. The molecule has 0 fully saturated rings. The Bertz CT molecular complexity index is 946. The van der Waals surface area contributed by atoms with Crippen molar-refractivity contribution < 1.29 is 9.47 Å². The van der Waals surface area contributed by atoms with Gasteiger partial charge in [0, 0.05) is 18.5 Å². The number of pyridine rings is 2. The molecule has 0 spiro atoms. The van der Waals surface area contributed by atoms with Crippen LogP contribution < -0.4 is 15.0 Å². The number of hydrogen-bond donors (Lipinski definition) is 0. The molecule has 0 aliphatic heterocycles. The molecule has 0 aliphatic carbocycles. The first-order chi connectivity index (χ1) is 12.3. The van der Waals surface area contributed by atoms with Gasteiger partial charge >= 0.3 is 0 Å². The summed E-state index contributed by atoms with van der Waals surface area (Å²) in [5.74, 6) is 1.23. The first kappa shape index (κ1) is 16.3. The Labute approximate surface area is 144 Å². The van der Waals surface area contributed by atoms with Crippen LogP contribution in [0.1, 0.15) is 5.56 Å². The maximum absolute atomic E-state index is 12.2. The number of hydrogen-bond acceptors (Lipinski definition) is 5. The molecule has 25 heavy (non-hydrogen) atoms. The number of para-hydroxylation sites is 1. The quantitative estimate of drug-likeness (QED) is 0.648. The van der Waals surface area contributed by atoms with E-state index in [1.165, 1.54) is 23.0 Å². The van der Waals surface area contributed by atoms with Crippen LogP contribution >= 0.6 is 0 Å². The van der Waals surface area contributed by atoms with Crippen molar-refractivity contribution in [1.82, 2.24) is 9.55 Å². The molecule has 0 saturated heterocycles. The molecule has 0 unspecified atom stereocenters. The zero-order valence-corrected chi connectivity index (χ0v) is 13.3. The number of ether oxygens (including phenoxy) is 2. The van der Waals surface area contributed by atoms with Crippen LogP contribution in [0.3, 0.4) is 0 Å². The van der Waals surface area contributed by atoms with Crippen LogP contribution in [0.4, 0.5) is 0 Å². The van der Waals surface area contributed by atoms with E-state index < -0.39 is 0 Å². The van der Waals surface area contributed by atoms with Crippen molar-refractivity contribution in [3.05, 3.63) is 83.0 Å². The van der Waals surface area contributed by atoms with Crippen molar-refractivity contribution >= 4 is 0 Å². The van der Waals surface area contributed by atoms with E-state index in [4.69, 9.17) is 14.7 Å². The van der Waals surface area contributed by atoms with Gasteiger partial charge in [-0.1, -0.05) is 18.2 Å². The lowest BCUT2D eigenvalue weighted by molar-refractivity contribution is 0.217. The average Bonchev–Trinajstić information content (AvgIpc) is 2.66. The Kier molecular flexibility index (Phi) is 5.07. The second kappa shape index (κ2) is 7.79. The van der Waals surface area contributed by atoms with Gasteiger partial charge in [0.05, 0.1) is 17.4 Å². The van der Waals surface area contributed by atoms with Crippen LogP contribution in [0.25, 0.3) is 5.69 Å². The molecule has 0 amide bonds. The van der Waals surface area contributed by atoms with Crippen LogP contribution in [0.5, 0.6) is 11.5 Å². The fourth-order valence-electron chi connectivity index (χ4n) is 2.22. The fraction of sp³-hybridized carbons (Fsp3) is 0.105. The minimum atomic E-state index is -0.265. The highest BCUT2D eigenvalue weighted by molar-refractivity contribution is 5.38. The van der Waals surface area contributed by atoms with E-state index in [-0.39, 0.29) is 5.56 Å². The summed E-state index contributed by atoms with van der Waals surface area (Å²) >= 11 is 0. The predicted octanol–water partition coefficient (Wildman–Crippen LogP) is 2.56. The second-order valence-corrected chi connectivity index (χ2v) is 5.12. The molecule has 6 heteroatoms. The normalized spacial score (nSPS) is 10.0. The Hall–Kier alpha value is -3.59. The molecular weight excluding hydrogens is 318 g/mol. The summed E-state index contributed by atoms with van der Waals surface area (Å²) in [7, 11) is 0. The topological polar surface area (TPSA) is 77.1 Å². The summed E-state index contributed by atoms with van der Waals surface area (Å²) in [5.41, 5.74) is 0.657. The number of nitrogens with zero attached hydrogens (tertiary/aromatic N) is 3. The summed E-state index contributed by atoms with van der Waals surface area (Å²) < 4.78 is 12.5. The van der Waals surface area contributed by atoms with E-state index >= 15 is 0 Å². The van der Waals surface area contributed by atoms with Crippen LogP contribution in [0.2, 0.25) is 0 Å². The monoisotopic (exact) mass is 333 g/mol. The van der Waals surface area contributed by atoms with Crippen molar-refractivity contribution in [2.24, 2.45) is 0 Å². The third-order valence-electron chi connectivity index (χ3n) is 3.39. The largest absolute Gasteiger partial charge is 0.490 e. The molecule has 2 aromatic heterocycles. The summed E-state index contributed by atoms with van der Waals surface area (Å²) in [6.45, 7) is 0.699. The number of nitriles is 1. The van der Waals surface area contributed by atoms with Gasteiger partial charge in [-0.25, -0.2) is 0 Å². The summed E-state index contributed by atoms with van der Waals surface area (Å²) in [6.07, 6.45) is 4.56. The molecule has 0 aliphatic rings. The first-order valence-corrected chi connectivity index (χ1v) is 7.65. The zero-order valence-electron chi connectivity index (χ0n) is 13.3. The van der Waals surface area contributed by atoms with Crippen LogP contribution in [0, 0.1) is 11.3 Å². The van der Waals surface area contributed by atoms with Crippen LogP contribution in [-0.2, 0) is 0 Å². The van der Waals surface area contributed by atoms with Gasteiger partial charge in [-0.3, -0.25) is 14.3 Å². The summed E-state index contributed by atoms with van der Waals surface area (Å²) in [5, 5.41) is 8.92. The molecule has 2 heterocycles. The highest BCUT2D eigenvalue weighted by Crippen LogP contribution is 2.11. The van der Waals surface area contributed by atoms with Crippen molar-refractivity contribution in [3.63, 3.8) is 0 Å². The highest BCUT2D eigenvalue weighted by Gasteiger charge is 2.04. The lowest BCUT2D eigenvalue weighted by atomic mass is 10.3. The standard InChI is InChI=1S/C19H15N3O3/c20-12-15-10-16(14-21-13-15)22-7-6-18(11-19(22)23)25-9-8-24-17-4-2-1-3-5-17/h1-7,10-11,13-14H,8-9H2. The van der Waals surface area contributed by atoms with Crippen molar-refractivity contribution in [2.75, 3.05) is 13.2 Å². The maximum atomic E-state index is 12.2. The molecule has 0 bridgehead atoms. The minimum absolute atomic E-state index is 0.265. The van der Waals surface area contributed by atoms with E-state index in [1.807, 2.05) is 36.4 Å². The molecule has 0 radical (unpaired) electrons. The number of benzene rings is 1. The molecule has 0 N–H and O–H groups in total. The van der Waals surface area contributed by atoms with E-state index in [1.54, 1.807) is 18.3 Å². The van der Waals surface area contributed by atoms with Crippen molar-refractivity contribution in [2.45, 2.75) is 0 Å². The van der Waals surface area contributed by atoms with E-state index in [0.717, 1.165) is 5.75 Å². The smallest absolute Gasteiger partial charge is 0.258 e. The van der Waals surface area contributed by atoms with E-state index in [0.29, 0.717) is 30.2 Å². The van der Waals surface area contributed by atoms with Gasteiger partial charge in [-0.2, -0.15) is 5.26 Å². The van der Waals surface area contributed by atoms with Crippen molar-refractivity contribution in [1.29, 1.82) is 5.26 Å². The third-order valence-corrected chi connectivity index (χ3v) is 3.39. The summed E-state index contributed by atoms with van der Waals surface area (Å²) in [6, 6.07) is 16.1. The average molecular weight is 333 g/mol. The third kappa shape index (κ3) is 4.24. The van der Waals surface area contributed by atoms with Gasteiger partial charge < -0.3 is 9.47 Å². The Morgan fingerprint density at radius 1 is 1.00 bits per heavy atom. The fourth-order valence-corrected chi connectivity index (χ4v) is 2.22. The van der Waals surface area contributed by atoms with Gasteiger partial charge in [0.25, 0.3) is 5.56 Å². The molecule has 1 aromatic carbocycles. The van der Waals surface area contributed by atoms with Gasteiger partial charge in [0.15, 0.2) is 0 Å². The molecule has 124 valence electrons. The van der Waals surface area contributed by atoms with Gasteiger partial charge in [-0.05, 0) is 24.3 Å². The number of aromatic nitrogens is 2. The Morgan fingerprint density at radius 3 is 2.48 bits per heavy atom. The first-order valence-electron chi connectivity index (χ1n) is 7.65. The van der Waals surface area contributed by atoms with E-state index in [2.05, 4.69) is 4.98 Å². The maximum Gasteiger partial charge on any atom is 0.258 e. The summed E-state index contributed by atoms with van der Waals surface area (Å²) in [4.78, 5) is 16.2. The van der Waals surface area contributed by atoms with Gasteiger partial charge in [-0.15, -0.1) is 0 Å². The Balaban J connectivity index is 1.62. The minimum Gasteiger partial charge on any atom is -0.490 e. The number of rotatable bonds is 6. The Morgan fingerprint density at radius 2 is 1.76 bits per heavy atom. The van der Waals surface area contributed by atoms with Gasteiger partial charge in [0.2, 0.25) is 0 Å². The van der Waals surface area contributed by atoms with Crippen molar-refractivity contribution in [3.8, 4) is 23.3 Å². The van der Waals surface area contributed by atoms with Crippen LogP contribution in [0.15, 0.2) is 71.9 Å². The molecule has 3 aromatic rings. The van der Waals surface area contributed by atoms with Crippen LogP contribution in [-0.4, -0.2) is 22.8 Å². The molecule has 6 nitrogen and oxygen atoms in total.